The zero-order valence-corrected chi connectivity index (χ0v) is 18.7. The lowest BCUT2D eigenvalue weighted by Gasteiger charge is -2.19. The first kappa shape index (κ1) is 27.1. The number of hydrogen-bond acceptors (Lipinski definition) is 5. The highest BCUT2D eigenvalue weighted by Crippen LogP contribution is 2.36. The number of carbonyl (C=O) groups is 1. The van der Waals surface area contributed by atoms with Crippen molar-refractivity contribution in [1.82, 2.24) is 0 Å². The minimum Gasteiger partial charge on any atom is -0.469 e. The van der Waals surface area contributed by atoms with Crippen molar-refractivity contribution >= 4 is 5.97 Å². The van der Waals surface area contributed by atoms with Crippen LogP contribution in [0, 0.1) is 11.8 Å². The second-order valence-electron chi connectivity index (χ2n) is 8.48. The SMILES string of the molecule is COC(=O)CCCC=CCC1C(O)CC(O)C1C=CC(O)CCc1cccc(C(F)(F)F)c1. The molecule has 1 saturated carbocycles. The largest absolute Gasteiger partial charge is 0.469 e. The number of aliphatic hydroxyl groups excluding tert-OH is 3. The number of aliphatic hydroxyl groups is 3. The Bertz CT molecular complexity index is 805. The van der Waals surface area contributed by atoms with Crippen LogP contribution in [0.2, 0.25) is 0 Å². The van der Waals surface area contributed by atoms with Gasteiger partial charge in [0, 0.05) is 18.8 Å². The van der Waals surface area contributed by atoms with Crippen LogP contribution in [-0.2, 0) is 22.1 Å². The number of esters is 1. The van der Waals surface area contributed by atoms with Crippen molar-refractivity contribution < 1.29 is 38.0 Å². The van der Waals surface area contributed by atoms with Crippen LogP contribution in [0.25, 0.3) is 0 Å². The third-order valence-corrected chi connectivity index (χ3v) is 6.01. The van der Waals surface area contributed by atoms with Gasteiger partial charge in [0.15, 0.2) is 0 Å². The number of carbonyl (C=O) groups excluding carboxylic acids is 1. The Balaban J connectivity index is 1.86. The van der Waals surface area contributed by atoms with Gasteiger partial charge in [-0.3, -0.25) is 4.79 Å². The van der Waals surface area contributed by atoms with E-state index in [4.69, 9.17) is 0 Å². The molecule has 2 rings (SSSR count). The molecule has 0 aromatic heterocycles. The van der Waals surface area contributed by atoms with Gasteiger partial charge in [-0.25, -0.2) is 0 Å². The highest BCUT2D eigenvalue weighted by Gasteiger charge is 2.39. The summed E-state index contributed by atoms with van der Waals surface area (Å²) < 4.78 is 43.1. The number of halogens is 3. The Morgan fingerprint density at radius 1 is 1.24 bits per heavy atom. The fourth-order valence-corrected chi connectivity index (χ4v) is 4.11. The predicted molar refractivity (Wildman–Crippen MR) is 118 cm³/mol. The fourth-order valence-electron chi connectivity index (χ4n) is 4.11. The molecule has 1 aromatic carbocycles. The van der Waals surface area contributed by atoms with E-state index in [1.807, 2.05) is 12.2 Å². The molecule has 0 saturated heterocycles. The Morgan fingerprint density at radius 3 is 2.70 bits per heavy atom. The third-order valence-electron chi connectivity index (χ3n) is 6.01. The van der Waals surface area contributed by atoms with Gasteiger partial charge in [-0.15, -0.1) is 0 Å². The molecule has 5 unspecified atom stereocenters. The zero-order chi connectivity index (χ0) is 24.4. The van der Waals surface area contributed by atoms with Crippen LogP contribution in [0.15, 0.2) is 48.6 Å². The molecule has 0 radical (unpaired) electrons. The number of hydrogen-bond donors (Lipinski definition) is 3. The van der Waals surface area contributed by atoms with E-state index in [9.17, 15) is 33.3 Å². The van der Waals surface area contributed by atoms with Gasteiger partial charge < -0.3 is 20.1 Å². The van der Waals surface area contributed by atoms with Crippen molar-refractivity contribution in [1.29, 1.82) is 0 Å². The van der Waals surface area contributed by atoms with Gasteiger partial charge in [0.25, 0.3) is 0 Å². The summed E-state index contributed by atoms with van der Waals surface area (Å²) in [5.41, 5.74) is -0.224. The number of alkyl halides is 3. The zero-order valence-electron chi connectivity index (χ0n) is 18.7. The summed E-state index contributed by atoms with van der Waals surface area (Å²) in [6.07, 6.45) is 3.46. The smallest absolute Gasteiger partial charge is 0.416 e. The summed E-state index contributed by atoms with van der Waals surface area (Å²) in [5, 5.41) is 30.9. The van der Waals surface area contributed by atoms with E-state index >= 15 is 0 Å². The second-order valence-corrected chi connectivity index (χ2v) is 8.48. The van der Waals surface area contributed by atoms with Crippen molar-refractivity contribution in [2.75, 3.05) is 7.11 Å². The van der Waals surface area contributed by atoms with Crippen LogP contribution in [0.1, 0.15) is 49.7 Å². The number of methoxy groups -OCH3 is 1. The maximum atomic E-state index is 12.8. The predicted octanol–water partition coefficient (Wildman–Crippen LogP) is 4.20. The highest BCUT2D eigenvalue weighted by molar-refractivity contribution is 5.69. The van der Waals surface area contributed by atoms with E-state index < -0.39 is 30.1 Å². The Morgan fingerprint density at radius 2 is 2.00 bits per heavy atom. The standard InChI is InChI=1S/C25H33F3O5/c1-33-24(32)10-5-3-2-4-9-20-21(23(31)16-22(20)30)14-13-19(29)12-11-17-7-6-8-18(15-17)25(26,27)28/h2,4,6-8,13-15,19-23,29-31H,3,5,9-12,16H2,1H3. The Hall–Kier alpha value is -2.16. The van der Waals surface area contributed by atoms with Gasteiger partial charge in [-0.1, -0.05) is 42.5 Å². The molecule has 1 aliphatic carbocycles. The van der Waals surface area contributed by atoms with Gasteiger partial charge in [0.1, 0.15) is 0 Å². The van der Waals surface area contributed by atoms with Crippen molar-refractivity contribution in [3.8, 4) is 0 Å². The number of rotatable bonds is 11. The molecular formula is C25H33F3O5. The van der Waals surface area contributed by atoms with E-state index in [0.29, 0.717) is 31.2 Å². The molecule has 0 amide bonds. The van der Waals surface area contributed by atoms with Crippen molar-refractivity contribution in [2.45, 2.75) is 69.4 Å². The van der Waals surface area contributed by atoms with Gasteiger partial charge in [0.2, 0.25) is 0 Å². The summed E-state index contributed by atoms with van der Waals surface area (Å²) in [7, 11) is 1.35. The fraction of sp³-hybridized carbons (Fsp3) is 0.560. The number of benzene rings is 1. The van der Waals surface area contributed by atoms with E-state index in [2.05, 4.69) is 4.74 Å². The van der Waals surface area contributed by atoms with Crippen molar-refractivity contribution in [2.24, 2.45) is 11.8 Å². The maximum absolute atomic E-state index is 12.8. The quantitative estimate of drug-likeness (QED) is 0.256. The molecule has 1 fully saturated rings. The molecule has 3 N–H and O–H groups in total. The van der Waals surface area contributed by atoms with Crippen LogP contribution in [0.4, 0.5) is 13.2 Å². The van der Waals surface area contributed by atoms with Gasteiger partial charge >= 0.3 is 12.1 Å². The molecule has 0 bridgehead atoms. The first-order valence-electron chi connectivity index (χ1n) is 11.2. The average Bonchev–Trinajstić information content (AvgIpc) is 3.04. The van der Waals surface area contributed by atoms with Gasteiger partial charge in [-0.2, -0.15) is 13.2 Å². The molecule has 8 heteroatoms. The Labute approximate surface area is 192 Å². The van der Waals surface area contributed by atoms with Gasteiger partial charge in [0.05, 0.1) is 31.0 Å². The molecule has 0 heterocycles. The van der Waals surface area contributed by atoms with Crippen LogP contribution in [-0.4, -0.2) is 46.7 Å². The number of unbranched alkanes of at least 4 members (excludes halogenated alkanes) is 1. The summed E-state index contributed by atoms with van der Waals surface area (Å²) in [4.78, 5) is 11.1. The topological polar surface area (TPSA) is 87.0 Å². The molecule has 5 nitrogen and oxygen atoms in total. The summed E-state index contributed by atoms with van der Waals surface area (Å²) in [5.74, 6) is -0.791. The Kier molecular flexibility index (Phi) is 10.6. The van der Waals surface area contributed by atoms with E-state index in [1.165, 1.54) is 13.2 Å². The molecule has 5 atom stereocenters. The molecular weight excluding hydrogens is 437 g/mol. The molecule has 1 aliphatic rings. The van der Waals surface area contributed by atoms with E-state index in [1.54, 1.807) is 18.2 Å². The second kappa shape index (κ2) is 12.9. The lowest BCUT2D eigenvalue weighted by molar-refractivity contribution is -0.140. The number of allylic oxidation sites excluding steroid dienone is 2. The van der Waals surface area contributed by atoms with E-state index in [-0.39, 0.29) is 37.1 Å². The molecule has 1 aromatic rings. The first-order chi connectivity index (χ1) is 15.6. The monoisotopic (exact) mass is 470 g/mol. The maximum Gasteiger partial charge on any atom is 0.416 e. The van der Waals surface area contributed by atoms with Crippen LogP contribution in [0.3, 0.4) is 0 Å². The number of aryl methyl sites for hydroxylation is 1. The van der Waals surface area contributed by atoms with Crippen LogP contribution in [0.5, 0.6) is 0 Å². The highest BCUT2D eigenvalue weighted by atomic mass is 19.4. The molecule has 33 heavy (non-hydrogen) atoms. The van der Waals surface area contributed by atoms with E-state index in [0.717, 1.165) is 12.1 Å². The lowest BCUT2D eigenvalue weighted by Crippen LogP contribution is -2.20. The molecule has 184 valence electrons. The van der Waals surface area contributed by atoms with Crippen LogP contribution >= 0.6 is 0 Å². The average molecular weight is 471 g/mol. The summed E-state index contributed by atoms with van der Waals surface area (Å²) in [6, 6.07) is 5.04. The third kappa shape index (κ3) is 8.95. The van der Waals surface area contributed by atoms with Gasteiger partial charge in [-0.05, 0) is 49.7 Å². The van der Waals surface area contributed by atoms with Crippen molar-refractivity contribution in [3.05, 3.63) is 59.7 Å². The minimum absolute atomic E-state index is 0.205. The minimum atomic E-state index is -4.40. The normalized spacial score (nSPS) is 24.6. The summed E-state index contributed by atoms with van der Waals surface area (Å²) >= 11 is 0. The summed E-state index contributed by atoms with van der Waals surface area (Å²) in [6.45, 7) is 0. The van der Waals surface area contributed by atoms with Crippen LogP contribution < -0.4 is 0 Å². The lowest BCUT2D eigenvalue weighted by atomic mass is 9.89. The molecule has 0 spiro atoms. The van der Waals surface area contributed by atoms with Crippen molar-refractivity contribution in [3.63, 3.8) is 0 Å². The number of ether oxygens (including phenoxy) is 1. The molecule has 0 aliphatic heterocycles. The first-order valence-corrected chi connectivity index (χ1v) is 11.2.